The number of benzene rings is 1. The number of hydrogen-bond acceptors (Lipinski definition) is 5. The van der Waals surface area contributed by atoms with Crippen LogP contribution in [-0.4, -0.2) is 24.5 Å². The van der Waals surface area contributed by atoms with E-state index < -0.39 is 12.1 Å². The van der Waals surface area contributed by atoms with Crippen molar-refractivity contribution in [2.75, 3.05) is 6.54 Å². The molecule has 1 atom stereocenters. The van der Waals surface area contributed by atoms with Gasteiger partial charge in [-0.05, 0) is 37.6 Å². The third-order valence-corrected chi connectivity index (χ3v) is 3.19. The van der Waals surface area contributed by atoms with Gasteiger partial charge < -0.3 is 19.2 Å². The van der Waals surface area contributed by atoms with Crippen molar-refractivity contribution < 1.29 is 23.5 Å². The maximum absolute atomic E-state index is 12.0. The molecule has 0 bridgehead atoms. The number of amides is 1. The molecule has 2 rings (SSSR count). The summed E-state index contributed by atoms with van der Waals surface area (Å²) in [5.41, 5.74) is 0. The van der Waals surface area contributed by atoms with Crippen molar-refractivity contribution in [3.63, 3.8) is 0 Å². The molecule has 6 nitrogen and oxygen atoms in total. The molecule has 0 spiro atoms. The van der Waals surface area contributed by atoms with Crippen molar-refractivity contribution >= 4 is 11.9 Å². The normalized spacial score (nSPS) is 11.6. The molecule has 0 aliphatic heterocycles. The molecule has 0 saturated carbocycles. The Labute approximate surface area is 140 Å². The van der Waals surface area contributed by atoms with Gasteiger partial charge >= 0.3 is 5.97 Å². The molecule has 0 aliphatic carbocycles. The summed E-state index contributed by atoms with van der Waals surface area (Å²) in [6, 6.07) is 12.4. The lowest BCUT2D eigenvalue weighted by molar-refractivity contribution is -0.129. The minimum Gasteiger partial charge on any atom is -0.486 e. The maximum Gasteiger partial charge on any atom is 0.375 e. The van der Waals surface area contributed by atoms with Gasteiger partial charge in [0.25, 0.3) is 5.91 Å². The summed E-state index contributed by atoms with van der Waals surface area (Å²) in [6.07, 6.45) is -0.0618. The molecule has 1 N–H and O–H groups in total. The summed E-state index contributed by atoms with van der Waals surface area (Å²) < 4.78 is 16.0. The molecule has 1 aromatic carbocycles. The first-order valence-electron chi connectivity index (χ1n) is 7.85. The lowest BCUT2D eigenvalue weighted by Gasteiger charge is -2.12. The van der Waals surface area contributed by atoms with E-state index in [0.29, 0.717) is 18.1 Å². The lowest BCUT2D eigenvalue weighted by Crippen LogP contribution is -2.36. The average molecular weight is 331 g/mol. The van der Waals surface area contributed by atoms with E-state index in [-0.39, 0.29) is 18.3 Å². The Bertz CT molecular complexity index is 665. The molecule has 0 aliphatic rings. The van der Waals surface area contributed by atoms with Crippen molar-refractivity contribution in [3.05, 3.63) is 54.0 Å². The van der Waals surface area contributed by atoms with Crippen LogP contribution in [0.4, 0.5) is 0 Å². The van der Waals surface area contributed by atoms with Gasteiger partial charge in [-0.3, -0.25) is 4.79 Å². The van der Waals surface area contributed by atoms with Crippen LogP contribution in [-0.2, 0) is 16.1 Å². The lowest BCUT2D eigenvalue weighted by atomic mass is 10.3. The van der Waals surface area contributed by atoms with Crippen LogP contribution in [0, 0.1) is 0 Å². The van der Waals surface area contributed by atoms with Gasteiger partial charge in [-0.2, -0.15) is 0 Å². The largest absolute Gasteiger partial charge is 0.486 e. The van der Waals surface area contributed by atoms with Gasteiger partial charge in [-0.15, -0.1) is 0 Å². The van der Waals surface area contributed by atoms with Gasteiger partial charge in [0.1, 0.15) is 18.1 Å². The second-order valence-electron chi connectivity index (χ2n) is 5.21. The highest BCUT2D eigenvalue weighted by Gasteiger charge is 2.20. The number of carbonyl (C=O) groups excluding carboxylic acids is 2. The highest BCUT2D eigenvalue weighted by Crippen LogP contribution is 2.15. The van der Waals surface area contributed by atoms with E-state index in [9.17, 15) is 9.59 Å². The second-order valence-corrected chi connectivity index (χ2v) is 5.21. The van der Waals surface area contributed by atoms with E-state index in [1.807, 2.05) is 37.3 Å². The minimum absolute atomic E-state index is 0.0387. The zero-order chi connectivity index (χ0) is 17.4. The van der Waals surface area contributed by atoms with Crippen LogP contribution < -0.4 is 10.1 Å². The SMILES string of the molecule is CCCNC(=O)[C@@H](C)OC(=O)c1ccc(COc2ccccc2)o1. The number of carbonyl (C=O) groups is 2. The maximum atomic E-state index is 12.0. The summed E-state index contributed by atoms with van der Waals surface area (Å²) >= 11 is 0. The number of hydrogen-bond donors (Lipinski definition) is 1. The molecular weight excluding hydrogens is 310 g/mol. The predicted molar refractivity (Wildman–Crippen MR) is 87.7 cm³/mol. The zero-order valence-electron chi connectivity index (χ0n) is 13.8. The Balaban J connectivity index is 1.85. The summed E-state index contributed by atoms with van der Waals surface area (Å²) in [5.74, 6) is 0.231. The second kappa shape index (κ2) is 8.76. The highest BCUT2D eigenvalue weighted by molar-refractivity contribution is 5.90. The van der Waals surface area contributed by atoms with Crippen LogP contribution in [0.5, 0.6) is 5.75 Å². The highest BCUT2D eigenvalue weighted by atomic mass is 16.6. The third kappa shape index (κ3) is 5.15. The Morgan fingerprint density at radius 2 is 1.92 bits per heavy atom. The van der Waals surface area contributed by atoms with E-state index in [2.05, 4.69) is 5.32 Å². The fourth-order valence-corrected chi connectivity index (χ4v) is 1.90. The Hall–Kier alpha value is -2.76. The van der Waals surface area contributed by atoms with Crippen molar-refractivity contribution in [2.24, 2.45) is 0 Å². The molecule has 0 unspecified atom stereocenters. The van der Waals surface area contributed by atoms with Gasteiger partial charge in [0.2, 0.25) is 5.76 Å². The quantitative estimate of drug-likeness (QED) is 0.753. The molecule has 6 heteroatoms. The zero-order valence-corrected chi connectivity index (χ0v) is 13.8. The van der Waals surface area contributed by atoms with Gasteiger partial charge in [-0.25, -0.2) is 4.79 Å². The molecule has 2 aromatic rings. The summed E-state index contributed by atoms with van der Waals surface area (Å²) in [6.45, 7) is 4.20. The molecule has 1 heterocycles. The van der Waals surface area contributed by atoms with Gasteiger partial charge in [0, 0.05) is 6.54 Å². The number of rotatable bonds is 8. The molecule has 128 valence electrons. The Morgan fingerprint density at radius 1 is 1.17 bits per heavy atom. The molecule has 0 saturated heterocycles. The van der Waals surface area contributed by atoms with Gasteiger partial charge in [0.15, 0.2) is 6.10 Å². The van der Waals surface area contributed by atoms with Crippen molar-refractivity contribution in [1.82, 2.24) is 5.32 Å². The Kier molecular flexibility index (Phi) is 6.42. The van der Waals surface area contributed by atoms with E-state index in [1.165, 1.54) is 13.0 Å². The number of ether oxygens (including phenoxy) is 2. The summed E-state index contributed by atoms with van der Waals surface area (Å²) in [7, 11) is 0. The van der Waals surface area contributed by atoms with Crippen LogP contribution in [0.25, 0.3) is 0 Å². The van der Waals surface area contributed by atoms with E-state index in [1.54, 1.807) is 6.07 Å². The van der Waals surface area contributed by atoms with Crippen LogP contribution in [0.1, 0.15) is 36.6 Å². The molecule has 0 fully saturated rings. The van der Waals surface area contributed by atoms with Crippen molar-refractivity contribution in [2.45, 2.75) is 33.0 Å². The molecule has 1 aromatic heterocycles. The third-order valence-electron chi connectivity index (χ3n) is 3.19. The Morgan fingerprint density at radius 3 is 2.62 bits per heavy atom. The van der Waals surface area contributed by atoms with Crippen molar-refractivity contribution in [1.29, 1.82) is 0 Å². The van der Waals surface area contributed by atoms with E-state index in [4.69, 9.17) is 13.9 Å². The minimum atomic E-state index is -0.877. The molecule has 24 heavy (non-hydrogen) atoms. The van der Waals surface area contributed by atoms with E-state index >= 15 is 0 Å². The fraction of sp³-hybridized carbons (Fsp3) is 0.333. The summed E-state index contributed by atoms with van der Waals surface area (Å²) in [4.78, 5) is 23.7. The van der Waals surface area contributed by atoms with E-state index in [0.717, 1.165) is 6.42 Å². The smallest absolute Gasteiger partial charge is 0.375 e. The number of esters is 1. The van der Waals surface area contributed by atoms with Crippen molar-refractivity contribution in [3.8, 4) is 5.75 Å². The van der Waals surface area contributed by atoms with Gasteiger partial charge in [0.05, 0.1) is 0 Å². The van der Waals surface area contributed by atoms with Gasteiger partial charge in [-0.1, -0.05) is 25.1 Å². The first-order valence-corrected chi connectivity index (χ1v) is 7.85. The average Bonchev–Trinajstić information content (AvgIpc) is 3.07. The van der Waals surface area contributed by atoms with Crippen LogP contribution >= 0.6 is 0 Å². The first kappa shape index (κ1) is 17.6. The molecule has 0 radical (unpaired) electrons. The predicted octanol–water partition coefficient (Wildman–Crippen LogP) is 2.93. The van der Waals surface area contributed by atoms with Crippen LogP contribution in [0.3, 0.4) is 0 Å². The molecule has 1 amide bonds. The number of para-hydroxylation sites is 1. The number of furan rings is 1. The monoisotopic (exact) mass is 331 g/mol. The van der Waals surface area contributed by atoms with Crippen LogP contribution in [0.15, 0.2) is 46.9 Å². The topological polar surface area (TPSA) is 77.8 Å². The molecular formula is C18H21NO5. The standard InChI is InChI=1S/C18H21NO5/c1-3-11-19-17(20)13(2)23-18(21)16-10-9-15(24-16)12-22-14-7-5-4-6-8-14/h4-10,13H,3,11-12H2,1-2H3,(H,19,20)/t13-/m1/s1. The first-order chi connectivity index (χ1) is 11.6. The fourth-order valence-electron chi connectivity index (χ4n) is 1.90. The van der Waals surface area contributed by atoms with Crippen LogP contribution in [0.2, 0.25) is 0 Å². The summed E-state index contributed by atoms with van der Waals surface area (Å²) in [5, 5.41) is 2.67. The number of nitrogens with one attached hydrogen (secondary N) is 1.